The molecule has 1 atom stereocenters. The van der Waals surface area contributed by atoms with E-state index in [0.717, 1.165) is 22.9 Å². The fourth-order valence-corrected chi connectivity index (χ4v) is 4.62. The van der Waals surface area contributed by atoms with Crippen LogP contribution in [0.2, 0.25) is 0 Å². The lowest BCUT2D eigenvalue weighted by molar-refractivity contribution is 0.0996. The van der Waals surface area contributed by atoms with Gasteiger partial charge in [-0.1, -0.05) is 6.07 Å². The van der Waals surface area contributed by atoms with Crippen molar-refractivity contribution in [1.29, 1.82) is 0 Å². The van der Waals surface area contributed by atoms with Crippen LogP contribution in [0.25, 0.3) is 11.5 Å². The van der Waals surface area contributed by atoms with Crippen LogP contribution in [0.4, 0.5) is 16.0 Å². The molecule has 9 nitrogen and oxygen atoms in total. The van der Waals surface area contributed by atoms with Gasteiger partial charge in [0, 0.05) is 31.6 Å². The molecule has 0 radical (unpaired) electrons. The number of halogens is 1. The van der Waals surface area contributed by atoms with Gasteiger partial charge in [0.15, 0.2) is 5.82 Å². The van der Waals surface area contributed by atoms with E-state index >= 15 is 0 Å². The van der Waals surface area contributed by atoms with Gasteiger partial charge in [0.25, 0.3) is 5.91 Å². The quantitative estimate of drug-likeness (QED) is 0.575. The zero-order valence-electron chi connectivity index (χ0n) is 19.9. The smallest absolute Gasteiger partial charge is 0.260 e. The van der Waals surface area contributed by atoms with E-state index in [1.54, 1.807) is 4.90 Å². The van der Waals surface area contributed by atoms with E-state index in [9.17, 15) is 9.18 Å². The molecule has 2 aliphatic rings. The van der Waals surface area contributed by atoms with Crippen LogP contribution in [0, 0.1) is 0 Å². The summed E-state index contributed by atoms with van der Waals surface area (Å²) in [6.45, 7) is 4.67. The molecule has 5 rings (SSSR count). The second kappa shape index (κ2) is 8.75. The topological polar surface area (TPSA) is 92.1 Å². The molecular weight excluding hydrogens is 435 g/mol. The molecule has 2 aliphatic heterocycles. The summed E-state index contributed by atoms with van der Waals surface area (Å²) in [4.78, 5) is 26.8. The van der Waals surface area contributed by atoms with Crippen molar-refractivity contribution >= 4 is 17.5 Å². The summed E-state index contributed by atoms with van der Waals surface area (Å²) in [5, 5.41) is 11.7. The Balaban J connectivity index is 1.51. The lowest BCUT2D eigenvalue weighted by Crippen LogP contribution is -2.27. The number of carbonyl (C=O) groups excluding carboxylic acids is 1. The molecule has 3 aromatic heterocycles. The Morgan fingerprint density at radius 2 is 2.09 bits per heavy atom. The fourth-order valence-electron chi connectivity index (χ4n) is 4.62. The maximum atomic E-state index is 13.6. The Morgan fingerprint density at radius 3 is 2.82 bits per heavy atom. The summed E-state index contributed by atoms with van der Waals surface area (Å²) < 4.78 is 15.4. The zero-order valence-corrected chi connectivity index (χ0v) is 19.9. The van der Waals surface area contributed by atoms with Crippen molar-refractivity contribution in [2.24, 2.45) is 0 Å². The molecule has 0 aliphatic carbocycles. The average molecular weight is 465 g/mol. The van der Waals surface area contributed by atoms with Gasteiger partial charge in [0.1, 0.15) is 29.8 Å². The molecule has 5 heterocycles. The van der Waals surface area contributed by atoms with E-state index in [-0.39, 0.29) is 18.0 Å². The van der Waals surface area contributed by atoms with Gasteiger partial charge in [-0.25, -0.2) is 14.4 Å². The summed E-state index contributed by atoms with van der Waals surface area (Å²) >= 11 is 0. The first kappa shape index (κ1) is 22.4. The van der Waals surface area contributed by atoms with Gasteiger partial charge in [-0.3, -0.25) is 9.69 Å². The third kappa shape index (κ3) is 3.62. The summed E-state index contributed by atoms with van der Waals surface area (Å²) in [7, 11) is 3.85. The van der Waals surface area contributed by atoms with Crippen LogP contribution in [-0.2, 0) is 19.5 Å². The Morgan fingerprint density at radius 1 is 1.26 bits per heavy atom. The number of carbonyl (C=O) groups is 1. The number of hydrogen-bond acceptors (Lipinski definition) is 7. The molecule has 0 unspecified atom stereocenters. The van der Waals surface area contributed by atoms with Crippen LogP contribution in [0.3, 0.4) is 0 Å². The van der Waals surface area contributed by atoms with Gasteiger partial charge in [-0.2, -0.15) is 0 Å². The van der Waals surface area contributed by atoms with Gasteiger partial charge < -0.3 is 14.8 Å². The molecule has 0 saturated heterocycles. The van der Waals surface area contributed by atoms with Crippen LogP contribution < -0.4 is 15.1 Å². The number of aryl methyl sites for hydroxylation is 1. The highest BCUT2D eigenvalue weighted by Crippen LogP contribution is 2.34. The molecule has 0 aromatic carbocycles. The number of nitrogens with zero attached hydrogens (tertiary/aromatic N) is 7. The van der Waals surface area contributed by atoms with Crippen LogP contribution in [0.15, 0.2) is 24.3 Å². The maximum Gasteiger partial charge on any atom is 0.260 e. The number of amides is 1. The minimum atomic E-state index is -0.466. The van der Waals surface area contributed by atoms with Crippen LogP contribution in [0.5, 0.6) is 0 Å². The molecule has 3 aromatic rings. The summed E-state index contributed by atoms with van der Waals surface area (Å²) in [6.07, 6.45) is 1.41. The SMILES string of the molecule is CNCc1nc(N(C)C(C)C)cc2c1CN(c1cccc(-c3nnc4n3[C@@H](CF)CC4)n1)C2=O. The predicted molar refractivity (Wildman–Crippen MR) is 128 cm³/mol. The highest BCUT2D eigenvalue weighted by Gasteiger charge is 2.34. The maximum absolute atomic E-state index is 13.6. The van der Waals surface area contributed by atoms with Crippen molar-refractivity contribution in [3.05, 3.63) is 46.9 Å². The Kier molecular flexibility index (Phi) is 5.76. The molecular formula is C24H29FN8O. The summed E-state index contributed by atoms with van der Waals surface area (Å²) in [6, 6.07) is 7.34. The number of pyridine rings is 2. The standard InChI is InChI=1S/C24H29FN8O/c1-14(2)31(4)22-10-16-17(19(28-22)12-26-3)13-32(24(16)34)20-7-5-6-18(27-20)23-30-29-21-9-8-15(11-25)33(21)23/h5-7,10,14-15,26H,8-9,11-13H2,1-4H3/t15-/m1/s1. The lowest BCUT2D eigenvalue weighted by Gasteiger charge is -2.24. The molecule has 0 fully saturated rings. The van der Waals surface area contributed by atoms with Gasteiger partial charge >= 0.3 is 0 Å². The first-order chi connectivity index (χ1) is 16.4. The molecule has 1 N–H and O–H groups in total. The molecule has 0 spiro atoms. The molecule has 34 heavy (non-hydrogen) atoms. The number of fused-ring (bicyclic) bond motifs is 2. The fraction of sp³-hybridized carbons (Fsp3) is 0.458. The lowest BCUT2D eigenvalue weighted by atomic mass is 10.1. The number of aromatic nitrogens is 5. The van der Waals surface area contributed by atoms with Gasteiger partial charge in [0.05, 0.1) is 23.8 Å². The highest BCUT2D eigenvalue weighted by atomic mass is 19.1. The van der Waals surface area contributed by atoms with Crippen molar-refractivity contribution in [3.63, 3.8) is 0 Å². The Hall–Kier alpha value is -3.40. The molecule has 178 valence electrons. The average Bonchev–Trinajstić information content (AvgIpc) is 3.53. The first-order valence-corrected chi connectivity index (χ1v) is 11.6. The number of alkyl halides is 1. The molecule has 1 amide bonds. The largest absolute Gasteiger partial charge is 0.357 e. The van der Waals surface area contributed by atoms with Crippen molar-refractivity contribution < 1.29 is 9.18 Å². The van der Waals surface area contributed by atoms with Crippen molar-refractivity contribution in [2.45, 2.75) is 51.9 Å². The minimum absolute atomic E-state index is 0.106. The number of hydrogen-bond donors (Lipinski definition) is 1. The predicted octanol–water partition coefficient (Wildman–Crippen LogP) is 2.92. The van der Waals surface area contributed by atoms with E-state index in [0.29, 0.717) is 48.8 Å². The zero-order chi connectivity index (χ0) is 24.0. The van der Waals surface area contributed by atoms with E-state index < -0.39 is 6.67 Å². The summed E-state index contributed by atoms with van der Waals surface area (Å²) in [5.41, 5.74) is 2.99. The van der Waals surface area contributed by atoms with Crippen molar-refractivity contribution in [3.8, 4) is 11.5 Å². The minimum Gasteiger partial charge on any atom is -0.357 e. The van der Waals surface area contributed by atoms with Crippen molar-refractivity contribution in [1.82, 2.24) is 30.0 Å². The van der Waals surface area contributed by atoms with Crippen molar-refractivity contribution in [2.75, 3.05) is 30.6 Å². The second-order valence-electron chi connectivity index (χ2n) is 9.12. The van der Waals surface area contributed by atoms with E-state index in [1.807, 2.05) is 42.9 Å². The third-order valence-corrected chi connectivity index (χ3v) is 6.72. The van der Waals surface area contributed by atoms with E-state index in [4.69, 9.17) is 9.97 Å². The third-order valence-electron chi connectivity index (χ3n) is 6.72. The Bertz CT molecular complexity index is 1240. The first-order valence-electron chi connectivity index (χ1n) is 11.6. The molecule has 0 saturated carbocycles. The highest BCUT2D eigenvalue weighted by molar-refractivity contribution is 6.10. The van der Waals surface area contributed by atoms with Gasteiger partial charge in [-0.15, -0.1) is 10.2 Å². The number of rotatable bonds is 7. The van der Waals surface area contributed by atoms with Crippen LogP contribution in [-0.4, -0.2) is 57.5 Å². The summed E-state index contributed by atoms with van der Waals surface area (Å²) in [5.74, 6) is 2.51. The van der Waals surface area contributed by atoms with E-state index in [2.05, 4.69) is 34.3 Å². The van der Waals surface area contributed by atoms with Crippen LogP contribution >= 0.6 is 0 Å². The molecule has 10 heteroatoms. The second-order valence-corrected chi connectivity index (χ2v) is 9.12. The van der Waals surface area contributed by atoms with E-state index in [1.165, 1.54) is 0 Å². The Labute approximate surface area is 198 Å². The van der Waals surface area contributed by atoms with Gasteiger partial charge in [0.2, 0.25) is 0 Å². The van der Waals surface area contributed by atoms with Crippen LogP contribution in [0.1, 0.15) is 53.7 Å². The monoisotopic (exact) mass is 464 g/mol. The van der Waals surface area contributed by atoms with Gasteiger partial charge in [-0.05, 0) is 45.5 Å². The number of nitrogens with one attached hydrogen (secondary N) is 1. The normalized spacial score (nSPS) is 16.9. The molecule has 0 bridgehead atoms. The number of anilines is 2.